The van der Waals surface area contributed by atoms with Crippen LogP contribution in [0, 0.1) is 5.82 Å². The van der Waals surface area contributed by atoms with Crippen LogP contribution in [0.5, 0.6) is 5.75 Å². The van der Waals surface area contributed by atoms with Crippen molar-refractivity contribution >= 4 is 17.7 Å². The summed E-state index contributed by atoms with van der Waals surface area (Å²) in [7, 11) is 0. The Hall–Kier alpha value is -2.59. The summed E-state index contributed by atoms with van der Waals surface area (Å²) in [5.41, 5.74) is 4.84. The molecule has 1 amide bonds. The molecule has 0 spiro atoms. The van der Waals surface area contributed by atoms with E-state index in [1.165, 1.54) is 0 Å². The molecule has 1 atom stereocenters. The van der Waals surface area contributed by atoms with E-state index in [4.69, 9.17) is 5.73 Å². The molecule has 0 saturated carbocycles. The molecule has 1 fully saturated rings. The second kappa shape index (κ2) is 5.25. The predicted octanol–water partition coefficient (Wildman–Crippen LogP) is 1.86. The van der Waals surface area contributed by atoms with Crippen molar-refractivity contribution in [2.24, 2.45) is 5.73 Å². The molecule has 1 saturated heterocycles. The maximum absolute atomic E-state index is 13.7. The van der Waals surface area contributed by atoms with E-state index >= 15 is 0 Å². The minimum Gasteiger partial charge on any atom is -0.407 e. The third-order valence-corrected chi connectivity index (χ3v) is 3.48. The summed E-state index contributed by atoms with van der Waals surface area (Å²) < 4.78 is 58.1. The first-order valence-corrected chi connectivity index (χ1v) is 6.62. The Morgan fingerprint density at radius 2 is 2.17 bits per heavy atom. The zero-order valence-electron chi connectivity index (χ0n) is 11.5. The highest BCUT2D eigenvalue weighted by Crippen LogP contribution is 2.35. The molecule has 0 aliphatic carbocycles. The minimum atomic E-state index is -4.40. The number of amides is 1. The number of pyridine rings is 1. The van der Waals surface area contributed by atoms with E-state index in [1.807, 2.05) is 0 Å². The maximum Gasteiger partial charge on any atom is 0.410 e. The Bertz CT molecular complexity index is 760. The van der Waals surface area contributed by atoms with Crippen molar-refractivity contribution in [3.8, 4) is 5.75 Å². The van der Waals surface area contributed by atoms with Gasteiger partial charge in [-0.1, -0.05) is 0 Å². The van der Waals surface area contributed by atoms with Crippen LogP contribution in [0.4, 0.5) is 28.3 Å². The maximum atomic E-state index is 13.7. The number of halogens is 4. The fourth-order valence-corrected chi connectivity index (χ4v) is 2.53. The van der Waals surface area contributed by atoms with E-state index in [1.54, 1.807) is 0 Å². The summed E-state index contributed by atoms with van der Waals surface area (Å²) in [6.07, 6.45) is -4.47. The number of nitrogens with two attached hydrogens (primary N) is 1. The monoisotopic (exact) mass is 333 g/mol. The third kappa shape index (κ3) is 2.85. The van der Waals surface area contributed by atoms with Crippen LogP contribution in [0.1, 0.15) is 12.8 Å². The zero-order valence-corrected chi connectivity index (χ0v) is 11.5. The van der Waals surface area contributed by atoms with Gasteiger partial charge in [-0.3, -0.25) is 0 Å². The molecule has 3 rings (SSSR count). The molecule has 2 aromatic rings. The molecule has 1 aliphatic rings. The number of nitrogens with zero attached hydrogens (tertiary/aromatic N) is 4. The topological polar surface area (TPSA) is 85.8 Å². The third-order valence-electron chi connectivity index (χ3n) is 3.48. The van der Waals surface area contributed by atoms with Gasteiger partial charge in [-0.15, -0.1) is 5.10 Å². The Morgan fingerprint density at radius 3 is 2.83 bits per heavy atom. The average Bonchev–Trinajstić information content (AvgIpc) is 3.03. The van der Waals surface area contributed by atoms with Crippen molar-refractivity contribution < 1.29 is 27.1 Å². The van der Waals surface area contributed by atoms with E-state index in [0.29, 0.717) is 6.42 Å². The number of hydrogen-bond donors (Lipinski definition) is 1. The first-order valence-electron chi connectivity index (χ1n) is 6.62. The lowest BCUT2D eigenvalue weighted by molar-refractivity contribution is -0.146. The number of primary amides is 1. The highest BCUT2D eigenvalue weighted by Gasteiger charge is 2.47. The van der Waals surface area contributed by atoms with Crippen LogP contribution in [-0.4, -0.2) is 39.5 Å². The lowest BCUT2D eigenvalue weighted by atomic mass is 10.2. The highest BCUT2D eigenvalue weighted by molar-refractivity contribution is 5.68. The molecule has 0 aromatic carbocycles. The first kappa shape index (κ1) is 15.3. The lowest BCUT2D eigenvalue weighted by Gasteiger charge is -2.24. The van der Waals surface area contributed by atoms with Crippen molar-refractivity contribution in [2.45, 2.75) is 25.1 Å². The van der Waals surface area contributed by atoms with E-state index < -0.39 is 29.9 Å². The van der Waals surface area contributed by atoms with Crippen molar-refractivity contribution in [3.63, 3.8) is 0 Å². The molecule has 2 aromatic heterocycles. The van der Waals surface area contributed by atoms with Gasteiger partial charge in [-0.05, 0) is 12.8 Å². The number of carbonyl (C=O) groups excluding carboxylic acids is 1. The van der Waals surface area contributed by atoms with Crippen molar-refractivity contribution in [3.05, 3.63) is 18.1 Å². The highest BCUT2D eigenvalue weighted by atomic mass is 19.4. The summed E-state index contributed by atoms with van der Waals surface area (Å²) >= 11 is 0. The number of alkyl halides is 3. The SMILES string of the molecule is NC(=O)Oc1cc2nc(N3CCCC3C(F)(F)F)nn2cc1F. The molecule has 23 heavy (non-hydrogen) atoms. The van der Waals surface area contributed by atoms with E-state index in [0.717, 1.165) is 21.7 Å². The molecular formula is C12H11F4N5O2. The lowest BCUT2D eigenvalue weighted by Crippen LogP contribution is -2.41. The van der Waals surface area contributed by atoms with Crippen LogP contribution in [0.25, 0.3) is 5.65 Å². The summed E-state index contributed by atoms with van der Waals surface area (Å²) in [6.45, 7) is 0.147. The Balaban J connectivity index is 1.98. The van der Waals surface area contributed by atoms with Gasteiger partial charge in [0.1, 0.15) is 6.04 Å². The minimum absolute atomic E-state index is 0.0328. The molecule has 124 valence electrons. The Labute approximate surface area is 126 Å². The second-order valence-corrected chi connectivity index (χ2v) is 5.01. The van der Waals surface area contributed by atoms with Crippen LogP contribution in [0.15, 0.2) is 12.3 Å². The van der Waals surface area contributed by atoms with E-state index in [9.17, 15) is 22.4 Å². The molecule has 2 N–H and O–H groups in total. The number of fused-ring (bicyclic) bond motifs is 1. The molecular weight excluding hydrogens is 322 g/mol. The fourth-order valence-electron chi connectivity index (χ4n) is 2.53. The van der Waals surface area contributed by atoms with Crippen LogP contribution in [0.3, 0.4) is 0 Å². The number of aromatic nitrogens is 3. The van der Waals surface area contributed by atoms with Crippen molar-refractivity contribution in [1.82, 2.24) is 14.6 Å². The molecule has 1 aliphatic heterocycles. The van der Waals surface area contributed by atoms with Gasteiger partial charge in [0.2, 0.25) is 5.95 Å². The molecule has 0 bridgehead atoms. The van der Waals surface area contributed by atoms with Gasteiger partial charge in [-0.25, -0.2) is 13.7 Å². The molecule has 3 heterocycles. The Morgan fingerprint density at radius 1 is 1.43 bits per heavy atom. The fraction of sp³-hybridized carbons (Fsp3) is 0.417. The summed E-state index contributed by atoms with van der Waals surface area (Å²) in [5, 5.41) is 3.86. The van der Waals surface area contributed by atoms with Crippen LogP contribution in [0.2, 0.25) is 0 Å². The smallest absolute Gasteiger partial charge is 0.407 e. The number of anilines is 1. The largest absolute Gasteiger partial charge is 0.410 e. The number of carbonyl (C=O) groups is 1. The first-order chi connectivity index (χ1) is 10.8. The average molecular weight is 333 g/mol. The quantitative estimate of drug-likeness (QED) is 0.848. The van der Waals surface area contributed by atoms with Crippen LogP contribution in [-0.2, 0) is 0 Å². The Kier molecular flexibility index (Phi) is 3.49. The number of rotatable bonds is 2. The van der Waals surface area contributed by atoms with Crippen LogP contribution >= 0.6 is 0 Å². The van der Waals surface area contributed by atoms with E-state index in [-0.39, 0.29) is 24.6 Å². The normalized spacial score (nSPS) is 18.6. The molecule has 1 unspecified atom stereocenters. The van der Waals surface area contributed by atoms with Gasteiger partial charge in [0.25, 0.3) is 0 Å². The molecule has 7 nitrogen and oxygen atoms in total. The van der Waals surface area contributed by atoms with Gasteiger partial charge in [0, 0.05) is 12.6 Å². The summed E-state index contributed by atoms with van der Waals surface area (Å²) in [4.78, 5) is 15.7. The number of hydrogen-bond acceptors (Lipinski definition) is 5. The summed E-state index contributed by atoms with van der Waals surface area (Å²) in [6, 6.07) is -0.638. The predicted molar refractivity (Wildman–Crippen MR) is 69.6 cm³/mol. The van der Waals surface area contributed by atoms with Crippen molar-refractivity contribution in [2.75, 3.05) is 11.4 Å². The molecule has 11 heteroatoms. The summed E-state index contributed by atoms with van der Waals surface area (Å²) in [5.74, 6) is -1.58. The number of ether oxygens (including phenoxy) is 1. The molecule has 0 radical (unpaired) electrons. The van der Waals surface area contributed by atoms with E-state index in [2.05, 4.69) is 14.8 Å². The van der Waals surface area contributed by atoms with Gasteiger partial charge < -0.3 is 15.4 Å². The van der Waals surface area contributed by atoms with Gasteiger partial charge in [0.15, 0.2) is 17.2 Å². The van der Waals surface area contributed by atoms with Crippen molar-refractivity contribution in [1.29, 1.82) is 0 Å². The standard InChI is InChI=1S/C12H11F4N5O2/c13-6-5-21-9(4-7(6)23-10(17)22)18-11(19-21)20-3-1-2-8(20)12(14,15)16/h4-5,8H,1-3H2,(H2,17,22). The van der Waals surface area contributed by atoms with Gasteiger partial charge in [-0.2, -0.15) is 18.2 Å². The van der Waals surface area contributed by atoms with Gasteiger partial charge >= 0.3 is 12.3 Å². The zero-order chi connectivity index (χ0) is 16.8. The van der Waals surface area contributed by atoms with Gasteiger partial charge in [0.05, 0.1) is 6.20 Å². The second-order valence-electron chi connectivity index (χ2n) is 5.01. The van der Waals surface area contributed by atoms with Crippen LogP contribution < -0.4 is 15.4 Å².